The molecular weight excluding hydrogens is 278 g/mol. The number of anilines is 1. The maximum atomic E-state index is 11.7. The van der Waals surface area contributed by atoms with Gasteiger partial charge in [-0.25, -0.2) is 8.42 Å². The van der Waals surface area contributed by atoms with Crippen LogP contribution in [0, 0.1) is 0 Å². The third-order valence-corrected chi connectivity index (χ3v) is 3.89. The van der Waals surface area contributed by atoms with Crippen LogP contribution in [0.4, 0.5) is 5.69 Å². The normalized spacial score (nSPS) is 11.2. The summed E-state index contributed by atoms with van der Waals surface area (Å²) in [7, 11) is -1.98. The lowest BCUT2D eigenvalue weighted by Crippen LogP contribution is -2.16. The Kier molecular flexibility index (Phi) is 5.55. The Morgan fingerprint density at radius 3 is 2.67 bits per heavy atom. The van der Waals surface area contributed by atoms with Gasteiger partial charge in [0.2, 0.25) is 10.0 Å². The van der Waals surface area contributed by atoms with Crippen molar-refractivity contribution in [2.24, 2.45) is 0 Å². The molecule has 0 saturated heterocycles. The Balaban J connectivity index is 2.69. The molecule has 7 heteroatoms. The van der Waals surface area contributed by atoms with Gasteiger partial charge < -0.3 is 9.84 Å². The average Bonchev–Trinajstić information content (AvgIpc) is 2.29. The molecule has 0 aliphatic heterocycles. The topological polar surface area (TPSA) is 75.6 Å². The Morgan fingerprint density at radius 2 is 2.11 bits per heavy atom. The number of nitrogens with one attached hydrogen (secondary N) is 1. The molecule has 0 radical (unpaired) electrons. The molecule has 2 N–H and O–H groups in total. The highest BCUT2D eigenvalue weighted by Gasteiger charge is 2.11. The first kappa shape index (κ1) is 14.9. The van der Waals surface area contributed by atoms with Crippen LogP contribution in [-0.4, -0.2) is 32.3 Å². The molecule has 5 nitrogen and oxygen atoms in total. The van der Waals surface area contributed by atoms with Crippen molar-refractivity contribution in [3.8, 4) is 11.5 Å². The van der Waals surface area contributed by atoms with Crippen molar-refractivity contribution in [2.75, 3.05) is 23.5 Å². The van der Waals surface area contributed by atoms with E-state index < -0.39 is 10.0 Å². The molecule has 18 heavy (non-hydrogen) atoms. The number of hydrogen-bond acceptors (Lipinski definition) is 4. The Hall–Kier alpha value is -1.14. The fourth-order valence-electron chi connectivity index (χ4n) is 1.37. The zero-order chi connectivity index (χ0) is 13.6. The summed E-state index contributed by atoms with van der Waals surface area (Å²) in [6.07, 6.45) is 1.15. The summed E-state index contributed by atoms with van der Waals surface area (Å²) in [5, 5.41) is 9.53. The largest absolute Gasteiger partial charge is 0.504 e. The monoisotopic (exact) mass is 293 g/mol. The van der Waals surface area contributed by atoms with Gasteiger partial charge in [0.15, 0.2) is 11.5 Å². The van der Waals surface area contributed by atoms with E-state index in [9.17, 15) is 13.5 Å². The van der Waals surface area contributed by atoms with Gasteiger partial charge in [-0.1, -0.05) is 0 Å². The zero-order valence-corrected chi connectivity index (χ0v) is 11.6. The van der Waals surface area contributed by atoms with Gasteiger partial charge in [-0.15, -0.1) is 11.6 Å². The van der Waals surface area contributed by atoms with Crippen molar-refractivity contribution < 1.29 is 18.3 Å². The van der Waals surface area contributed by atoms with Crippen LogP contribution in [0.3, 0.4) is 0 Å². The first-order valence-electron chi connectivity index (χ1n) is 5.42. The molecule has 0 fully saturated rings. The summed E-state index contributed by atoms with van der Waals surface area (Å²) in [6, 6.07) is 4.32. The highest BCUT2D eigenvalue weighted by molar-refractivity contribution is 7.92. The van der Waals surface area contributed by atoms with Gasteiger partial charge in [0.1, 0.15) is 0 Å². The third kappa shape index (κ3) is 4.62. The number of phenolic OH excluding ortho intramolecular Hbond substituents is 1. The average molecular weight is 294 g/mol. The van der Waals surface area contributed by atoms with Gasteiger partial charge in [0.05, 0.1) is 18.6 Å². The number of ether oxygens (including phenoxy) is 1. The van der Waals surface area contributed by atoms with Gasteiger partial charge in [0.25, 0.3) is 0 Å². The Bertz CT molecular complexity index is 490. The lowest BCUT2D eigenvalue weighted by Gasteiger charge is -2.09. The van der Waals surface area contributed by atoms with Crippen LogP contribution in [-0.2, 0) is 10.0 Å². The molecule has 0 saturated carbocycles. The van der Waals surface area contributed by atoms with Crippen molar-refractivity contribution >= 4 is 27.3 Å². The third-order valence-electron chi connectivity index (χ3n) is 2.25. The molecule has 0 aromatic heterocycles. The molecular formula is C11H16ClNO4S. The Morgan fingerprint density at radius 1 is 1.39 bits per heavy atom. The molecule has 1 aromatic carbocycles. The summed E-state index contributed by atoms with van der Waals surface area (Å²) >= 11 is 5.48. The second-order valence-corrected chi connectivity index (χ2v) is 5.92. The fourth-order valence-corrected chi connectivity index (χ4v) is 2.73. The van der Waals surface area contributed by atoms with Crippen molar-refractivity contribution in [2.45, 2.75) is 12.8 Å². The minimum absolute atomic E-state index is 0.00646. The summed E-state index contributed by atoms with van der Waals surface area (Å²) in [5.41, 5.74) is 0.305. The second kappa shape index (κ2) is 6.70. The maximum Gasteiger partial charge on any atom is 0.232 e. The van der Waals surface area contributed by atoms with Gasteiger partial charge >= 0.3 is 0 Å². The van der Waals surface area contributed by atoms with E-state index in [0.29, 0.717) is 30.2 Å². The van der Waals surface area contributed by atoms with Crippen LogP contribution in [0.15, 0.2) is 18.2 Å². The van der Waals surface area contributed by atoms with E-state index in [0.717, 1.165) is 0 Å². The van der Waals surface area contributed by atoms with Crippen LogP contribution in [0.5, 0.6) is 11.5 Å². The van der Waals surface area contributed by atoms with Crippen LogP contribution in [0.1, 0.15) is 12.8 Å². The summed E-state index contributed by atoms with van der Waals surface area (Å²) in [6.45, 7) is 0. The number of unbranched alkanes of at least 4 members (excludes halogenated alkanes) is 1. The standard InChI is InChI=1S/C11H16ClNO4S/c1-17-11-5-4-9(8-10(11)14)13-18(15,16)7-3-2-6-12/h4-5,8,13-14H,2-3,6-7H2,1H3. The van der Waals surface area contributed by atoms with Crippen LogP contribution < -0.4 is 9.46 Å². The molecule has 0 aliphatic rings. The first-order valence-corrected chi connectivity index (χ1v) is 7.60. The summed E-state index contributed by atoms with van der Waals surface area (Å²) in [5.74, 6) is 0.629. The number of benzene rings is 1. The predicted octanol–water partition coefficient (Wildman–Crippen LogP) is 2.16. The summed E-state index contributed by atoms with van der Waals surface area (Å²) in [4.78, 5) is 0. The van der Waals surface area contributed by atoms with Crippen molar-refractivity contribution in [3.05, 3.63) is 18.2 Å². The van der Waals surface area contributed by atoms with E-state index in [1.165, 1.54) is 25.3 Å². The molecule has 0 spiro atoms. The number of halogens is 1. The van der Waals surface area contributed by atoms with Gasteiger partial charge in [-0.2, -0.15) is 0 Å². The molecule has 0 unspecified atom stereocenters. The van der Waals surface area contributed by atoms with E-state index in [1.54, 1.807) is 0 Å². The van der Waals surface area contributed by atoms with Gasteiger partial charge in [-0.3, -0.25) is 4.72 Å². The lowest BCUT2D eigenvalue weighted by atomic mass is 10.3. The Labute approximate surface area is 112 Å². The SMILES string of the molecule is COc1ccc(NS(=O)(=O)CCCCCl)cc1O. The number of hydrogen-bond donors (Lipinski definition) is 2. The van der Waals surface area contributed by atoms with E-state index in [-0.39, 0.29) is 11.5 Å². The van der Waals surface area contributed by atoms with E-state index in [2.05, 4.69) is 4.72 Å². The smallest absolute Gasteiger partial charge is 0.232 e. The van der Waals surface area contributed by atoms with Crippen molar-refractivity contribution in [1.82, 2.24) is 0 Å². The number of methoxy groups -OCH3 is 1. The predicted molar refractivity (Wildman–Crippen MR) is 72.0 cm³/mol. The highest BCUT2D eigenvalue weighted by Crippen LogP contribution is 2.28. The molecule has 0 bridgehead atoms. The molecule has 1 rings (SSSR count). The van der Waals surface area contributed by atoms with E-state index in [4.69, 9.17) is 16.3 Å². The number of phenols is 1. The molecule has 1 aromatic rings. The van der Waals surface area contributed by atoms with Crippen LogP contribution >= 0.6 is 11.6 Å². The molecule has 0 atom stereocenters. The second-order valence-electron chi connectivity index (χ2n) is 3.70. The van der Waals surface area contributed by atoms with Crippen molar-refractivity contribution in [3.63, 3.8) is 0 Å². The first-order chi connectivity index (χ1) is 8.48. The van der Waals surface area contributed by atoms with Crippen LogP contribution in [0.25, 0.3) is 0 Å². The minimum Gasteiger partial charge on any atom is -0.504 e. The van der Waals surface area contributed by atoms with Crippen LogP contribution in [0.2, 0.25) is 0 Å². The highest BCUT2D eigenvalue weighted by atomic mass is 35.5. The van der Waals surface area contributed by atoms with E-state index in [1.807, 2.05) is 0 Å². The molecule has 0 aliphatic carbocycles. The molecule has 0 heterocycles. The number of aromatic hydroxyl groups is 1. The number of sulfonamides is 1. The fraction of sp³-hybridized carbons (Fsp3) is 0.455. The zero-order valence-electron chi connectivity index (χ0n) is 10.0. The number of alkyl halides is 1. The van der Waals surface area contributed by atoms with Gasteiger partial charge in [0, 0.05) is 11.9 Å². The molecule has 0 amide bonds. The van der Waals surface area contributed by atoms with E-state index >= 15 is 0 Å². The minimum atomic E-state index is -3.40. The maximum absolute atomic E-state index is 11.7. The number of rotatable bonds is 7. The summed E-state index contributed by atoms with van der Waals surface area (Å²) < 4.78 is 30.6. The quantitative estimate of drug-likeness (QED) is 0.597. The molecule has 102 valence electrons. The van der Waals surface area contributed by atoms with Gasteiger partial charge in [-0.05, 0) is 25.0 Å². The lowest BCUT2D eigenvalue weighted by molar-refractivity contribution is 0.373. The van der Waals surface area contributed by atoms with Crippen molar-refractivity contribution in [1.29, 1.82) is 0 Å².